The number of hydrogen-bond donors (Lipinski definition) is 1. The molecule has 0 atom stereocenters. The number of rotatable bonds is 7. The van der Waals surface area contributed by atoms with Crippen molar-refractivity contribution in [3.8, 4) is 5.75 Å². The molecule has 0 radical (unpaired) electrons. The molecule has 1 aromatic heterocycles. The molecule has 5 nitrogen and oxygen atoms in total. The van der Waals surface area contributed by atoms with E-state index in [0.29, 0.717) is 19.6 Å². The molecule has 22 heavy (non-hydrogen) atoms. The lowest BCUT2D eigenvalue weighted by atomic mass is 10.2. The standard InChI is InChI=1S/C16H20N2O3S/c1-11-14(22-16(18-11)10-20-2)8-15(19)17-9-12-6-4-5-7-13(12)21-3/h4-7H,8-10H2,1-3H3,(H,17,19). The van der Waals surface area contributed by atoms with Crippen molar-refractivity contribution >= 4 is 17.2 Å². The third-order valence-corrected chi connectivity index (χ3v) is 4.33. The normalized spacial score (nSPS) is 10.5. The summed E-state index contributed by atoms with van der Waals surface area (Å²) in [4.78, 5) is 17.5. The van der Waals surface area contributed by atoms with Gasteiger partial charge in [-0.15, -0.1) is 11.3 Å². The molecule has 118 valence electrons. The maximum absolute atomic E-state index is 12.1. The average Bonchev–Trinajstić information content (AvgIpc) is 2.85. The Hall–Kier alpha value is -1.92. The molecule has 0 aliphatic heterocycles. The number of carbonyl (C=O) groups is 1. The van der Waals surface area contributed by atoms with E-state index in [4.69, 9.17) is 9.47 Å². The fourth-order valence-electron chi connectivity index (χ4n) is 2.09. The van der Waals surface area contributed by atoms with Crippen molar-refractivity contribution in [1.82, 2.24) is 10.3 Å². The third-order valence-electron chi connectivity index (χ3n) is 3.19. The summed E-state index contributed by atoms with van der Waals surface area (Å²) >= 11 is 1.52. The van der Waals surface area contributed by atoms with Crippen LogP contribution in [0.2, 0.25) is 0 Å². The van der Waals surface area contributed by atoms with Crippen molar-refractivity contribution in [2.75, 3.05) is 14.2 Å². The van der Waals surface area contributed by atoms with Crippen LogP contribution in [0.5, 0.6) is 5.75 Å². The lowest BCUT2D eigenvalue weighted by molar-refractivity contribution is -0.120. The molecule has 2 rings (SSSR count). The summed E-state index contributed by atoms with van der Waals surface area (Å²) in [6, 6.07) is 7.65. The van der Waals surface area contributed by atoms with Crippen LogP contribution in [0.15, 0.2) is 24.3 Å². The number of aryl methyl sites for hydroxylation is 1. The van der Waals surface area contributed by atoms with Gasteiger partial charge in [-0.2, -0.15) is 0 Å². The predicted molar refractivity (Wildman–Crippen MR) is 86.1 cm³/mol. The Morgan fingerprint density at radius 1 is 1.32 bits per heavy atom. The maximum Gasteiger partial charge on any atom is 0.225 e. The minimum absolute atomic E-state index is 0.0263. The first kappa shape index (κ1) is 16.5. The highest BCUT2D eigenvalue weighted by atomic mass is 32.1. The first-order chi connectivity index (χ1) is 10.6. The number of aromatic nitrogens is 1. The van der Waals surface area contributed by atoms with E-state index in [1.54, 1.807) is 14.2 Å². The molecule has 0 aliphatic rings. The predicted octanol–water partition coefficient (Wildman–Crippen LogP) is 2.47. The number of methoxy groups -OCH3 is 2. The number of benzene rings is 1. The van der Waals surface area contributed by atoms with Crippen LogP contribution in [0.4, 0.5) is 0 Å². The van der Waals surface area contributed by atoms with Crippen molar-refractivity contribution in [3.05, 3.63) is 45.4 Å². The van der Waals surface area contributed by atoms with Crippen LogP contribution in [-0.2, 0) is 29.1 Å². The van der Waals surface area contributed by atoms with Gasteiger partial charge >= 0.3 is 0 Å². The van der Waals surface area contributed by atoms with Gasteiger partial charge in [0.05, 0.1) is 25.8 Å². The topological polar surface area (TPSA) is 60.5 Å². The maximum atomic E-state index is 12.1. The largest absolute Gasteiger partial charge is 0.496 e. The molecular weight excluding hydrogens is 300 g/mol. The molecule has 0 spiro atoms. The molecule has 2 aromatic rings. The lowest BCUT2D eigenvalue weighted by Gasteiger charge is -2.09. The van der Waals surface area contributed by atoms with Gasteiger partial charge in [0.15, 0.2) is 0 Å². The van der Waals surface area contributed by atoms with Crippen LogP contribution in [0.25, 0.3) is 0 Å². The fourth-order valence-corrected chi connectivity index (χ4v) is 3.13. The average molecular weight is 320 g/mol. The molecule has 0 saturated carbocycles. The molecule has 0 bridgehead atoms. The van der Waals surface area contributed by atoms with Gasteiger partial charge in [-0.1, -0.05) is 18.2 Å². The van der Waals surface area contributed by atoms with Gasteiger partial charge in [0.25, 0.3) is 0 Å². The SMILES string of the molecule is COCc1nc(C)c(CC(=O)NCc2ccccc2OC)s1. The molecule has 1 N–H and O–H groups in total. The van der Waals surface area contributed by atoms with Gasteiger partial charge in [-0.25, -0.2) is 4.98 Å². The number of para-hydroxylation sites is 1. The zero-order valence-electron chi connectivity index (χ0n) is 13.0. The van der Waals surface area contributed by atoms with Gasteiger partial charge < -0.3 is 14.8 Å². The number of hydrogen-bond acceptors (Lipinski definition) is 5. The summed E-state index contributed by atoms with van der Waals surface area (Å²) in [7, 11) is 3.26. The van der Waals surface area contributed by atoms with E-state index >= 15 is 0 Å². The van der Waals surface area contributed by atoms with Crippen LogP contribution >= 0.6 is 11.3 Å². The number of amides is 1. The summed E-state index contributed by atoms with van der Waals surface area (Å²) in [5.74, 6) is 0.751. The number of nitrogens with one attached hydrogen (secondary N) is 1. The fraction of sp³-hybridized carbons (Fsp3) is 0.375. The number of nitrogens with zero attached hydrogens (tertiary/aromatic N) is 1. The second-order valence-corrected chi connectivity index (χ2v) is 5.98. The van der Waals surface area contributed by atoms with Gasteiger partial charge in [-0.3, -0.25) is 4.79 Å². The number of thiazole rings is 1. The summed E-state index contributed by atoms with van der Waals surface area (Å²) in [6.07, 6.45) is 0.336. The van der Waals surface area contributed by atoms with Crippen LogP contribution in [0.3, 0.4) is 0 Å². The van der Waals surface area contributed by atoms with Crippen LogP contribution in [-0.4, -0.2) is 25.1 Å². The first-order valence-corrected chi connectivity index (χ1v) is 7.78. The summed E-state index contributed by atoms with van der Waals surface area (Å²) < 4.78 is 10.3. The van der Waals surface area contributed by atoms with Crippen molar-refractivity contribution in [2.24, 2.45) is 0 Å². The molecule has 0 aliphatic carbocycles. The minimum atomic E-state index is -0.0263. The minimum Gasteiger partial charge on any atom is -0.496 e. The Labute approximate surface area is 134 Å². The Bertz CT molecular complexity index is 640. The summed E-state index contributed by atoms with van der Waals surface area (Å²) in [5.41, 5.74) is 1.85. The zero-order chi connectivity index (χ0) is 15.9. The highest BCUT2D eigenvalue weighted by Gasteiger charge is 2.12. The van der Waals surface area contributed by atoms with Crippen LogP contribution in [0.1, 0.15) is 21.1 Å². The van der Waals surface area contributed by atoms with E-state index in [1.165, 1.54) is 11.3 Å². The van der Waals surface area contributed by atoms with E-state index in [2.05, 4.69) is 10.3 Å². The van der Waals surface area contributed by atoms with Crippen LogP contribution < -0.4 is 10.1 Å². The molecule has 0 unspecified atom stereocenters. The quantitative estimate of drug-likeness (QED) is 0.851. The second-order valence-electron chi connectivity index (χ2n) is 4.81. The lowest BCUT2D eigenvalue weighted by Crippen LogP contribution is -2.24. The molecular formula is C16H20N2O3S. The van der Waals surface area contributed by atoms with E-state index in [1.807, 2.05) is 31.2 Å². The highest BCUT2D eigenvalue weighted by molar-refractivity contribution is 7.11. The van der Waals surface area contributed by atoms with Crippen molar-refractivity contribution in [3.63, 3.8) is 0 Å². The molecule has 0 saturated heterocycles. The molecule has 1 amide bonds. The zero-order valence-corrected chi connectivity index (χ0v) is 13.8. The van der Waals surface area contributed by atoms with Gasteiger partial charge in [0, 0.05) is 24.1 Å². The van der Waals surface area contributed by atoms with Crippen molar-refractivity contribution in [1.29, 1.82) is 0 Å². The number of carbonyl (C=O) groups excluding carboxylic acids is 1. The van der Waals surface area contributed by atoms with Crippen molar-refractivity contribution < 1.29 is 14.3 Å². The second kappa shape index (κ2) is 7.91. The molecule has 0 fully saturated rings. The van der Waals surface area contributed by atoms with Gasteiger partial charge in [0.1, 0.15) is 10.8 Å². The summed E-state index contributed by atoms with van der Waals surface area (Å²) in [5, 5.41) is 3.82. The Morgan fingerprint density at radius 3 is 2.82 bits per heavy atom. The Morgan fingerprint density at radius 2 is 2.09 bits per heavy atom. The highest BCUT2D eigenvalue weighted by Crippen LogP contribution is 2.20. The summed E-state index contributed by atoms with van der Waals surface area (Å²) in [6.45, 7) is 2.85. The molecule has 1 aromatic carbocycles. The molecule has 1 heterocycles. The van der Waals surface area contributed by atoms with E-state index < -0.39 is 0 Å². The first-order valence-electron chi connectivity index (χ1n) is 6.96. The van der Waals surface area contributed by atoms with Crippen LogP contribution in [0, 0.1) is 6.92 Å². The third kappa shape index (κ3) is 4.29. The molecule has 6 heteroatoms. The Balaban J connectivity index is 1.93. The van der Waals surface area contributed by atoms with Gasteiger partial charge in [-0.05, 0) is 13.0 Å². The van der Waals surface area contributed by atoms with E-state index in [9.17, 15) is 4.79 Å². The monoisotopic (exact) mass is 320 g/mol. The van der Waals surface area contributed by atoms with Crippen molar-refractivity contribution in [2.45, 2.75) is 26.5 Å². The van der Waals surface area contributed by atoms with E-state index in [-0.39, 0.29) is 5.91 Å². The smallest absolute Gasteiger partial charge is 0.225 e. The van der Waals surface area contributed by atoms with Gasteiger partial charge in [0.2, 0.25) is 5.91 Å². The number of ether oxygens (including phenoxy) is 2. The van der Waals surface area contributed by atoms with E-state index in [0.717, 1.165) is 26.9 Å². The Kier molecular flexibility index (Phi) is 5.91.